The highest BCUT2D eigenvalue weighted by Crippen LogP contribution is 2.39. The summed E-state index contributed by atoms with van der Waals surface area (Å²) in [4.78, 5) is 12.0. The van der Waals surface area contributed by atoms with E-state index in [0.29, 0.717) is 23.9 Å². The van der Waals surface area contributed by atoms with Gasteiger partial charge in [-0.25, -0.2) is 4.79 Å². The molecule has 0 bridgehead atoms. The summed E-state index contributed by atoms with van der Waals surface area (Å²) in [6.07, 6.45) is 0. The predicted molar refractivity (Wildman–Crippen MR) is 73.9 cm³/mol. The van der Waals surface area contributed by atoms with Gasteiger partial charge in [0, 0.05) is 17.6 Å². The smallest absolute Gasteiger partial charge is 0.357 e. The molecule has 3 rings (SSSR count). The van der Waals surface area contributed by atoms with E-state index in [9.17, 15) is 4.79 Å². The number of hydrogen-bond acceptors (Lipinski definition) is 4. The van der Waals surface area contributed by atoms with E-state index in [0.717, 1.165) is 22.6 Å². The molecule has 0 aliphatic carbocycles. The summed E-state index contributed by atoms with van der Waals surface area (Å²) in [7, 11) is 1.72. The SMILES string of the molecule is CCOC(=O)c1c2c(nn1C)-c1cc(Cl)ccc1OC2. The summed E-state index contributed by atoms with van der Waals surface area (Å²) in [5, 5.41) is 5.01. The van der Waals surface area contributed by atoms with E-state index >= 15 is 0 Å². The molecule has 104 valence electrons. The van der Waals surface area contributed by atoms with Crippen LogP contribution in [0.25, 0.3) is 11.3 Å². The summed E-state index contributed by atoms with van der Waals surface area (Å²) in [5.41, 5.74) is 2.68. The van der Waals surface area contributed by atoms with Crippen molar-refractivity contribution in [2.75, 3.05) is 6.61 Å². The molecule has 5 nitrogen and oxygen atoms in total. The van der Waals surface area contributed by atoms with Crippen LogP contribution in [0.4, 0.5) is 0 Å². The number of nitrogens with zero attached hydrogens (tertiary/aromatic N) is 2. The standard InChI is InChI=1S/C14H13ClN2O3/c1-3-19-14(18)13-10-7-20-11-5-4-8(15)6-9(11)12(10)16-17(13)2/h4-6H,3,7H2,1-2H3. The molecule has 2 aromatic rings. The maximum Gasteiger partial charge on any atom is 0.357 e. The van der Waals surface area contributed by atoms with Crippen molar-refractivity contribution in [3.63, 3.8) is 0 Å². The number of hydrogen-bond donors (Lipinski definition) is 0. The van der Waals surface area contributed by atoms with Gasteiger partial charge in [-0.15, -0.1) is 0 Å². The molecule has 0 saturated heterocycles. The second-order valence-corrected chi connectivity index (χ2v) is 4.89. The highest BCUT2D eigenvalue weighted by Gasteiger charge is 2.29. The lowest BCUT2D eigenvalue weighted by molar-refractivity contribution is 0.0510. The number of benzene rings is 1. The molecular formula is C14H13ClN2O3. The third-order valence-corrected chi connectivity index (χ3v) is 3.42. The van der Waals surface area contributed by atoms with Gasteiger partial charge < -0.3 is 9.47 Å². The van der Waals surface area contributed by atoms with Crippen LogP contribution >= 0.6 is 11.6 Å². The maximum absolute atomic E-state index is 12.0. The zero-order chi connectivity index (χ0) is 14.3. The number of rotatable bonds is 2. The minimum atomic E-state index is -0.391. The topological polar surface area (TPSA) is 53.3 Å². The molecule has 0 fully saturated rings. The van der Waals surface area contributed by atoms with Crippen LogP contribution in [0.3, 0.4) is 0 Å². The van der Waals surface area contributed by atoms with Gasteiger partial charge >= 0.3 is 5.97 Å². The van der Waals surface area contributed by atoms with Crippen molar-refractivity contribution in [1.29, 1.82) is 0 Å². The van der Waals surface area contributed by atoms with Crippen molar-refractivity contribution in [2.24, 2.45) is 7.05 Å². The molecule has 0 radical (unpaired) electrons. The molecule has 0 N–H and O–H groups in total. The molecular weight excluding hydrogens is 280 g/mol. The predicted octanol–water partition coefficient (Wildman–Crippen LogP) is 2.81. The van der Waals surface area contributed by atoms with Gasteiger partial charge in [-0.05, 0) is 25.1 Å². The fraction of sp³-hybridized carbons (Fsp3) is 0.286. The van der Waals surface area contributed by atoms with Gasteiger partial charge in [0.15, 0.2) is 5.69 Å². The van der Waals surface area contributed by atoms with Crippen molar-refractivity contribution in [3.8, 4) is 17.0 Å². The van der Waals surface area contributed by atoms with Gasteiger partial charge in [-0.2, -0.15) is 5.10 Å². The number of aromatic nitrogens is 2. The largest absolute Gasteiger partial charge is 0.488 e. The first-order chi connectivity index (χ1) is 9.61. The van der Waals surface area contributed by atoms with Gasteiger partial charge in [0.1, 0.15) is 18.1 Å². The summed E-state index contributed by atoms with van der Waals surface area (Å²) in [6.45, 7) is 2.39. The zero-order valence-electron chi connectivity index (χ0n) is 11.1. The van der Waals surface area contributed by atoms with Crippen LogP contribution in [-0.4, -0.2) is 22.4 Å². The van der Waals surface area contributed by atoms with Crippen molar-refractivity contribution in [1.82, 2.24) is 9.78 Å². The maximum atomic E-state index is 12.0. The van der Waals surface area contributed by atoms with Crippen LogP contribution < -0.4 is 4.74 Å². The first-order valence-corrected chi connectivity index (χ1v) is 6.65. The summed E-state index contributed by atoms with van der Waals surface area (Å²) in [6, 6.07) is 5.36. The number of esters is 1. The lowest BCUT2D eigenvalue weighted by Crippen LogP contribution is -2.14. The van der Waals surface area contributed by atoms with Crippen LogP contribution in [0.5, 0.6) is 5.75 Å². The van der Waals surface area contributed by atoms with E-state index in [2.05, 4.69) is 5.10 Å². The summed E-state index contributed by atoms with van der Waals surface area (Å²) >= 11 is 6.02. The first-order valence-electron chi connectivity index (χ1n) is 6.27. The number of ether oxygens (including phenoxy) is 2. The molecule has 6 heteroatoms. The Kier molecular flexibility index (Phi) is 3.14. The molecule has 0 saturated carbocycles. The van der Waals surface area contributed by atoms with Crippen LogP contribution in [0.1, 0.15) is 23.0 Å². The molecule has 2 heterocycles. The van der Waals surface area contributed by atoms with Gasteiger partial charge in [-0.1, -0.05) is 11.6 Å². The molecule has 1 aromatic carbocycles. The summed E-state index contributed by atoms with van der Waals surface area (Å²) in [5.74, 6) is 0.327. The van der Waals surface area contributed by atoms with E-state index in [1.54, 1.807) is 32.2 Å². The number of halogens is 1. The van der Waals surface area contributed by atoms with Crippen molar-refractivity contribution < 1.29 is 14.3 Å². The average Bonchev–Trinajstić information content (AvgIpc) is 2.75. The Hall–Kier alpha value is -2.01. The Balaban J connectivity index is 2.16. The van der Waals surface area contributed by atoms with Crippen LogP contribution in [0.2, 0.25) is 5.02 Å². The minimum absolute atomic E-state index is 0.298. The Labute approximate surface area is 121 Å². The minimum Gasteiger partial charge on any atom is -0.488 e. The normalized spacial score (nSPS) is 12.3. The number of carbonyl (C=O) groups is 1. The molecule has 0 unspecified atom stereocenters. The lowest BCUT2D eigenvalue weighted by Gasteiger charge is -2.17. The number of fused-ring (bicyclic) bond motifs is 3. The Morgan fingerprint density at radius 2 is 2.35 bits per heavy atom. The van der Waals surface area contributed by atoms with Gasteiger partial charge in [0.2, 0.25) is 0 Å². The third kappa shape index (κ3) is 1.94. The van der Waals surface area contributed by atoms with Crippen molar-refractivity contribution in [3.05, 3.63) is 34.5 Å². The second-order valence-electron chi connectivity index (χ2n) is 4.45. The first kappa shape index (κ1) is 13.0. The highest BCUT2D eigenvalue weighted by atomic mass is 35.5. The van der Waals surface area contributed by atoms with E-state index in [1.807, 2.05) is 0 Å². The van der Waals surface area contributed by atoms with Gasteiger partial charge in [-0.3, -0.25) is 4.68 Å². The van der Waals surface area contributed by atoms with Crippen LogP contribution in [0.15, 0.2) is 18.2 Å². The molecule has 0 spiro atoms. The zero-order valence-corrected chi connectivity index (χ0v) is 11.9. The lowest BCUT2D eigenvalue weighted by atomic mass is 10.0. The fourth-order valence-corrected chi connectivity index (χ4v) is 2.51. The van der Waals surface area contributed by atoms with E-state index in [4.69, 9.17) is 21.1 Å². The van der Waals surface area contributed by atoms with Crippen LogP contribution in [-0.2, 0) is 18.4 Å². The monoisotopic (exact) mass is 292 g/mol. The second kappa shape index (κ2) is 4.83. The van der Waals surface area contributed by atoms with Crippen LogP contribution in [0, 0.1) is 0 Å². The quantitative estimate of drug-likeness (QED) is 0.799. The number of carbonyl (C=O) groups excluding carboxylic acids is 1. The van der Waals surface area contributed by atoms with E-state index in [1.165, 1.54) is 4.68 Å². The molecule has 1 aliphatic rings. The Morgan fingerprint density at radius 3 is 3.10 bits per heavy atom. The van der Waals surface area contributed by atoms with E-state index in [-0.39, 0.29) is 0 Å². The third-order valence-electron chi connectivity index (χ3n) is 3.18. The molecule has 20 heavy (non-hydrogen) atoms. The number of aryl methyl sites for hydroxylation is 1. The van der Waals surface area contributed by atoms with E-state index < -0.39 is 5.97 Å². The Bertz CT molecular complexity index is 694. The molecule has 1 aliphatic heterocycles. The molecule has 1 aromatic heterocycles. The highest BCUT2D eigenvalue weighted by molar-refractivity contribution is 6.31. The van der Waals surface area contributed by atoms with Crippen molar-refractivity contribution in [2.45, 2.75) is 13.5 Å². The molecule has 0 atom stereocenters. The van der Waals surface area contributed by atoms with Gasteiger partial charge in [0.25, 0.3) is 0 Å². The Morgan fingerprint density at radius 1 is 1.55 bits per heavy atom. The fourth-order valence-electron chi connectivity index (χ4n) is 2.34. The van der Waals surface area contributed by atoms with Crippen molar-refractivity contribution >= 4 is 17.6 Å². The van der Waals surface area contributed by atoms with Gasteiger partial charge in [0.05, 0.1) is 12.2 Å². The average molecular weight is 293 g/mol. The summed E-state index contributed by atoms with van der Waals surface area (Å²) < 4.78 is 12.3. The molecule has 0 amide bonds.